The van der Waals surface area contributed by atoms with Crippen molar-refractivity contribution in [3.05, 3.63) is 35.7 Å². The molecular formula is C23H24F3N3O2. The Labute approximate surface area is 178 Å². The first-order valence-corrected chi connectivity index (χ1v) is 11.1. The molecule has 1 aliphatic heterocycles. The molecule has 4 saturated carbocycles. The molecule has 0 unspecified atom stereocenters. The maximum Gasteiger partial charge on any atom is 0.416 e. The summed E-state index contributed by atoms with van der Waals surface area (Å²) < 4.78 is 44.2. The van der Waals surface area contributed by atoms with E-state index in [9.17, 15) is 18.0 Å². The van der Waals surface area contributed by atoms with Gasteiger partial charge in [0.25, 0.3) is 0 Å². The summed E-state index contributed by atoms with van der Waals surface area (Å²) in [6.45, 7) is 1.09. The normalized spacial score (nSPS) is 32.4. The van der Waals surface area contributed by atoms with Crippen LogP contribution >= 0.6 is 0 Å². The van der Waals surface area contributed by atoms with E-state index in [-0.39, 0.29) is 22.7 Å². The Kier molecular flexibility index (Phi) is 4.09. The molecule has 2 heterocycles. The standard InChI is InChI=1S/C23H24F3N3O2/c24-23(25,26)18-3-1-2-16(7-18)19-27-20(31-28-19)17-11-29(12-17)21(30)22-8-13-4-14(9-22)6-15(5-13)10-22/h1-3,7,13-15,17H,4-6,8-12H2. The number of likely N-dealkylation sites (tertiary alicyclic amines) is 1. The Morgan fingerprint density at radius 2 is 1.71 bits per heavy atom. The number of aromatic nitrogens is 2. The summed E-state index contributed by atoms with van der Waals surface area (Å²) in [7, 11) is 0. The zero-order valence-corrected chi connectivity index (χ0v) is 17.1. The third kappa shape index (κ3) is 3.17. The zero-order chi connectivity index (χ0) is 21.4. The van der Waals surface area contributed by atoms with Crippen LogP contribution in [0.2, 0.25) is 0 Å². The molecule has 0 spiro atoms. The van der Waals surface area contributed by atoms with Crippen molar-refractivity contribution >= 4 is 5.91 Å². The summed E-state index contributed by atoms with van der Waals surface area (Å²) in [5.74, 6) is 2.94. The average molecular weight is 431 g/mol. The summed E-state index contributed by atoms with van der Waals surface area (Å²) in [6.07, 6.45) is 2.60. The van der Waals surface area contributed by atoms with Crippen molar-refractivity contribution in [2.75, 3.05) is 13.1 Å². The molecule has 4 aliphatic carbocycles. The van der Waals surface area contributed by atoms with Crippen molar-refractivity contribution in [3.8, 4) is 11.4 Å². The summed E-state index contributed by atoms with van der Waals surface area (Å²) >= 11 is 0. The molecular weight excluding hydrogens is 407 g/mol. The summed E-state index contributed by atoms with van der Waals surface area (Å²) in [4.78, 5) is 19.6. The van der Waals surface area contributed by atoms with Gasteiger partial charge >= 0.3 is 6.18 Å². The molecule has 4 bridgehead atoms. The number of amides is 1. The van der Waals surface area contributed by atoms with Crippen LogP contribution in [-0.2, 0) is 11.0 Å². The topological polar surface area (TPSA) is 59.2 Å². The van der Waals surface area contributed by atoms with E-state index < -0.39 is 11.7 Å². The molecule has 0 N–H and O–H groups in total. The molecule has 164 valence electrons. The SMILES string of the molecule is O=C(N1CC(c2nc(-c3cccc(C(F)(F)F)c3)no2)C1)C12CC3CC(CC(C3)C1)C2. The van der Waals surface area contributed by atoms with Gasteiger partial charge in [-0.25, -0.2) is 0 Å². The van der Waals surface area contributed by atoms with Gasteiger partial charge in [0.2, 0.25) is 17.6 Å². The van der Waals surface area contributed by atoms with Gasteiger partial charge in [0.15, 0.2) is 0 Å². The fourth-order valence-corrected chi connectivity index (χ4v) is 6.86. The van der Waals surface area contributed by atoms with E-state index in [0.29, 0.717) is 24.9 Å². The Hall–Kier alpha value is -2.38. The van der Waals surface area contributed by atoms with E-state index in [1.54, 1.807) is 0 Å². The van der Waals surface area contributed by atoms with E-state index in [1.165, 1.54) is 31.4 Å². The van der Waals surface area contributed by atoms with Gasteiger partial charge in [0.1, 0.15) is 0 Å². The van der Waals surface area contributed by atoms with Crippen molar-refractivity contribution in [3.63, 3.8) is 0 Å². The first-order chi connectivity index (χ1) is 14.8. The lowest BCUT2D eigenvalue weighted by Gasteiger charge is -2.57. The third-order valence-electron chi connectivity index (χ3n) is 7.90. The number of alkyl halides is 3. The number of hydrogen-bond acceptors (Lipinski definition) is 4. The summed E-state index contributed by atoms with van der Waals surface area (Å²) in [6, 6.07) is 4.92. The lowest BCUT2D eigenvalue weighted by atomic mass is 9.49. The van der Waals surface area contributed by atoms with Crippen LogP contribution in [-0.4, -0.2) is 34.0 Å². The predicted octanol–water partition coefficient (Wildman–Crippen LogP) is 4.90. The van der Waals surface area contributed by atoms with Crippen LogP contribution in [0.1, 0.15) is 55.9 Å². The average Bonchev–Trinajstić information content (AvgIpc) is 3.15. The molecule has 0 atom stereocenters. The van der Waals surface area contributed by atoms with Gasteiger partial charge in [-0.3, -0.25) is 4.79 Å². The van der Waals surface area contributed by atoms with E-state index in [2.05, 4.69) is 10.1 Å². The lowest BCUT2D eigenvalue weighted by Crippen LogP contribution is -2.59. The second-order valence-corrected chi connectivity index (χ2v) is 10.1. The van der Waals surface area contributed by atoms with Gasteiger partial charge in [0.05, 0.1) is 16.9 Å². The van der Waals surface area contributed by atoms with E-state index >= 15 is 0 Å². The van der Waals surface area contributed by atoms with Gasteiger partial charge < -0.3 is 9.42 Å². The number of hydrogen-bond donors (Lipinski definition) is 0. The molecule has 7 rings (SSSR count). The van der Waals surface area contributed by atoms with Crippen LogP contribution in [0.5, 0.6) is 0 Å². The van der Waals surface area contributed by atoms with Gasteiger partial charge in [-0.2, -0.15) is 18.2 Å². The molecule has 5 fully saturated rings. The number of rotatable bonds is 3. The molecule has 31 heavy (non-hydrogen) atoms. The quantitative estimate of drug-likeness (QED) is 0.694. The van der Waals surface area contributed by atoms with Crippen molar-refractivity contribution in [2.24, 2.45) is 23.2 Å². The summed E-state index contributed by atoms with van der Waals surface area (Å²) in [5, 5.41) is 3.88. The fraction of sp³-hybridized carbons (Fsp3) is 0.609. The zero-order valence-electron chi connectivity index (χ0n) is 17.1. The van der Waals surface area contributed by atoms with E-state index in [4.69, 9.17) is 4.52 Å². The highest BCUT2D eigenvalue weighted by molar-refractivity contribution is 5.84. The molecule has 1 aromatic carbocycles. The van der Waals surface area contributed by atoms with Gasteiger partial charge in [0, 0.05) is 18.7 Å². The smallest absolute Gasteiger partial charge is 0.340 e. The van der Waals surface area contributed by atoms with Crippen molar-refractivity contribution < 1.29 is 22.5 Å². The Balaban J connectivity index is 1.14. The Morgan fingerprint density at radius 3 is 2.32 bits per heavy atom. The first-order valence-electron chi connectivity index (χ1n) is 11.1. The van der Waals surface area contributed by atoms with Crippen molar-refractivity contribution in [1.29, 1.82) is 0 Å². The number of carbonyl (C=O) groups is 1. The maximum absolute atomic E-state index is 13.4. The second kappa shape index (κ2) is 6.56. The highest BCUT2D eigenvalue weighted by Gasteiger charge is 2.56. The largest absolute Gasteiger partial charge is 0.416 e. The van der Waals surface area contributed by atoms with Gasteiger partial charge in [-0.05, 0) is 68.4 Å². The van der Waals surface area contributed by atoms with Gasteiger partial charge in [-0.1, -0.05) is 17.3 Å². The van der Waals surface area contributed by atoms with Crippen LogP contribution < -0.4 is 0 Å². The van der Waals surface area contributed by atoms with Crippen molar-refractivity contribution in [1.82, 2.24) is 15.0 Å². The first kappa shape index (κ1) is 19.3. The fourth-order valence-electron chi connectivity index (χ4n) is 6.86. The molecule has 8 heteroatoms. The Morgan fingerprint density at radius 1 is 1.06 bits per heavy atom. The van der Waals surface area contributed by atoms with E-state index in [1.807, 2.05) is 4.90 Å². The molecule has 1 amide bonds. The number of halogens is 3. The molecule has 0 radical (unpaired) electrons. The number of nitrogens with zero attached hydrogens (tertiary/aromatic N) is 3. The Bertz CT molecular complexity index is 990. The van der Waals surface area contributed by atoms with Crippen LogP contribution in [0, 0.1) is 23.2 Å². The van der Waals surface area contributed by atoms with Crippen molar-refractivity contribution in [2.45, 2.75) is 50.6 Å². The number of carbonyl (C=O) groups excluding carboxylic acids is 1. The minimum absolute atomic E-state index is 0.0510. The summed E-state index contributed by atoms with van der Waals surface area (Å²) in [5.41, 5.74) is -0.629. The maximum atomic E-state index is 13.4. The lowest BCUT2D eigenvalue weighted by molar-refractivity contribution is -0.162. The minimum atomic E-state index is -4.42. The third-order valence-corrected chi connectivity index (χ3v) is 7.90. The molecule has 5 nitrogen and oxygen atoms in total. The van der Waals surface area contributed by atoms with E-state index in [0.717, 1.165) is 49.1 Å². The predicted molar refractivity (Wildman–Crippen MR) is 105 cm³/mol. The molecule has 1 saturated heterocycles. The van der Waals surface area contributed by atoms with Crippen LogP contribution in [0.3, 0.4) is 0 Å². The highest BCUT2D eigenvalue weighted by Crippen LogP contribution is 2.61. The second-order valence-electron chi connectivity index (χ2n) is 10.1. The molecule has 1 aromatic heterocycles. The highest BCUT2D eigenvalue weighted by atomic mass is 19.4. The molecule has 2 aromatic rings. The van der Waals surface area contributed by atoms with Crippen LogP contribution in [0.15, 0.2) is 28.8 Å². The van der Waals surface area contributed by atoms with Gasteiger partial charge in [-0.15, -0.1) is 0 Å². The minimum Gasteiger partial charge on any atom is -0.340 e. The van der Waals surface area contributed by atoms with Crippen LogP contribution in [0.4, 0.5) is 13.2 Å². The monoisotopic (exact) mass is 431 g/mol. The van der Waals surface area contributed by atoms with Crippen LogP contribution in [0.25, 0.3) is 11.4 Å². The molecule has 5 aliphatic rings. The number of benzene rings is 1.